The van der Waals surface area contributed by atoms with Gasteiger partial charge in [0.25, 0.3) is 0 Å². The van der Waals surface area contributed by atoms with Crippen molar-refractivity contribution in [1.82, 2.24) is 0 Å². The lowest BCUT2D eigenvalue weighted by molar-refractivity contribution is 0.0601. The number of carbonyl (C=O) groups excluding carboxylic acids is 2. The lowest BCUT2D eigenvalue weighted by atomic mass is 10.1. The van der Waals surface area contributed by atoms with Gasteiger partial charge in [0.2, 0.25) is 5.91 Å². The van der Waals surface area contributed by atoms with Crippen LogP contribution in [0.3, 0.4) is 0 Å². The molecule has 0 aliphatic rings. The standard InChI is InChI=1S/C15H14N2O4/c1-20-15(19)12-8-11(6-7-13(12)16)21-10-4-2-9(3-5-10)14(17)18/h2-8H,16H2,1H3,(H2,17,18). The Hall–Kier alpha value is -3.02. The number of carbonyl (C=O) groups is 2. The van der Waals surface area contributed by atoms with Gasteiger partial charge in [-0.05, 0) is 42.5 Å². The van der Waals surface area contributed by atoms with Crippen molar-refractivity contribution in [1.29, 1.82) is 0 Å². The molecule has 0 heterocycles. The Labute approximate surface area is 121 Å². The van der Waals surface area contributed by atoms with Crippen LogP contribution in [0.25, 0.3) is 0 Å². The van der Waals surface area contributed by atoms with Gasteiger partial charge in [-0.3, -0.25) is 4.79 Å². The molecule has 0 aliphatic carbocycles. The van der Waals surface area contributed by atoms with Crippen LogP contribution in [-0.4, -0.2) is 19.0 Å². The minimum Gasteiger partial charge on any atom is -0.465 e. The first-order valence-corrected chi connectivity index (χ1v) is 6.07. The van der Waals surface area contributed by atoms with Crippen molar-refractivity contribution in [2.75, 3.05) is 12.8 Å². The van der Waals surface area contributed by atoms with E-state index in [4.69, 9.17) is 16.2 Å². The summed E-state index contributed by atoms with van der Waals surface area (Å²) < 4.78 is 10.2. The van der Waals surface area contributed by atoms with Crippen LogP contribution < -0.4 is 16.2 Å². The molecular weight excluding hydrogens is 272 g/mol. The van der Waals surface area contributed by atoms with E-state index in [1.54, 1.807) is 36.4 Å². The van der Waals surface area contributed by atoms with Crippen molar-refractivity contribution < 1.29 is 19.1 Å². The van der Waals surface area contributed by atoms with Gasteiger partial charge in [-0.15, -0.1) is 0 Å². The quantitative estimate of drug-likeness (QED) is 0.660. The summed E-state index contributed by atoms with van der Waals surface area (Å²) in [6.45, 7) is 0. The van der Waals surface area contributed by atoms with E-state index in [0.717, 1.165) is 0 Å². The minimum atomic E-state index is -0.540. The van der Waals surface area contributed by atoms with E-state index in [-0.39, 0.29) is 5.56 Å². The van der Waals surface area contributed by atoms with E-state index < -0.39 is 11.9 Å². The van der Waals surface area contributed by atoms with E-state index in [1.165, 1.54) is 13.2 Å². The maximum Gasteiger partial charge on any atom is 0.340 e. The van der Waals surface area contributed by atoms with Crippen LogP contribution in [0.15, 0.2) is 42.5 Å². The van der Waals surface area contributed by atoms with Gasteiger partial charge in [0.1, 0.15) is 11.5 Å². The zero-order valence-corrected chi connectivity index (χ0v) is 11.3. The van der Waals surface area contributed by atoms with Gasteiger partial charge in [-0.25, -0.2) is 4.79 Å². The second kappa shape index (κ2) is 5.96. The lowest BCUT2D eigenvalue weighted by Crippen LogP contribution is -2.10. The zero-order valence-electron chi connectivity index (χ0n) is 11.3. The molecule has 6 nitrogen and oxygen atoms in total. The number of amides is 1. The molecule has 0 unspecified atom stereocenters. The molecule has 21 heavy (non-hydrogen) atoms. The summed E-state index contributed by atoms with van der Waals surface area (Å²) in [6, 6.07) is 11.0. The van der Waals surface area contributed by atoms with Gasteiger partial charge in [-0.1, -0.05) is 0 Å². The minimum absolute atomic E-state index is 0.226. The van der Waals surface area contributed by atoms with Crippen molar-refractivity contribution in [3.8, 4) is 11.5 Å². The number of rotatable bonds is 4. The Morgan fingerprint density at radius 3 is 2.19 bits per heavy atom. The second-order valence-corrected chi connectivity index (χ2v) is 4.23. The molecule has 0 radical (unpaired) electrons. The van der Waals surface area contributed by atoms with Crippen molar-refractivity contribution in [2.24, 2.45) is 5.73 Å². The molecule has 0 aromatic heterocycles. The van der Waals surface area contributed by atoms with Crippen LogP contribution in [0.5, 0.6) is 11.5 Å². The third kappa shape index (κ3) is 3.30. The fourth-order valence-electron chi connectivity index (χ4n) is 1.71. The Kier molecular flexibility index (Phi) is 4.08. The molecule has 0 atom stereocenters. The third-order valence-corrected chi connectivity index (χ3v) is 2.80. The molecule has 1 amide bonds. The first kappa shape index (κ1) is 14.4. The van der Waals surface area contributed by atoms with E-state index in [2.05, 4.69) is 4.74 Å². The number of anilines is 1. The molecule has 108 valence electrons. The zero-order chi connectivity index (χ0) is 15.4. The molecule has 0 saturated heterocycles. The maximum atomic E-state index is 11.5. The van der Waals surface area contributed by atoms with Gasteiger partial charge >= 0.3 is 5.97 Å². The van der Waals surface area contributed by atoms with Crippen LogP contribution in [-0.2, 0) is 4.74 Å². The van der Waals surface area contributed by atoms with Gasteiger partial charge < -0.3 is 20.9 Å². The van der Waals surface area contributed by atoms with Crippen molar-refractivity contribution in [3.63, 3.8) is 0 Å². The van der Waals surface area contributed by atoms with E-state index in [9.17, 15) is 9.59 Å². The van der Waals surface area contributed by atoms with Crippen LogP contribution in [0.1, 0.15) is 20.7 Å². The molecular formula is C15H14N2O4. The van der Waals surface area contributed by atoms with Crippen LogP contribution >= 0.6 is 0 Å². The predicted molar refractivity (Wildman–Crippen MR) is 77.2 cm³/mol. The molecule has 0 saturated carbocycles. The van der Waals surface area contributed by atoms with Gasteiger partial charge in [0.15, 0.2) is 0 Å². The summed E-state index contributed by atoms with van der Waals surface area (Å²) in [4.78, 5) is 22.5. The first-order valence-electron chi connectivity index (χ1n) is 6.07. The number of primary amides is 1. The topological polar surface area (TPSA) is 105 Å². The number of nitrogens with two attached hydrogens (primary N) is 2. The normalized spacial score (nSPS) is 9.95. The third-order valence-electron chi connectivity index (χ3n) is 2.80. The summed E-state index contributed by atoms with van der Waals surface area (Å²) in [5, 5.41) is 0. The Morgan fingerprint density at radius 2 is 1.62 bits per heavy atom. The fourth-order valence-corrected chi connectivity index (χ4v) is 1.71. The number of benzene rings is 2. The Bertz CT molecular complexity index is 681. The lowest BCUT2D eigenvalue weighted by Gasteiger charge is -2.09. The number of esters is 1. The van der Waals surface area contributed by atoms with Crippen molar-refractivity contribution in [2.45, 2.75) is 0 Å². The van der Waals surface area contributed by atoms with Crippen molar-refractivity contribution in [3.05, 3.63) is 53.6 Å². The highest BCUT2D eigenvalue weighted by Crippen LogP contribution is 2.25. The summed E-state index contributed by atoms with van der Waals surface area (Å²) in [6.07, 6.45) is 0. The summed E-state index contributed by atoms with van der Waals surface area (Å²) >= 11 is 0. The molecule has 0 bridgehead atoms. The van der Waals surface area contributed by atoms with E-state index in [0.29, 0.717) is 22.7 Å². The molecule has 6 heteroatoms. The SMILES string of the molecule is COC(=O)c1cc(Oc2ccc(C(N)=O)cc2)ccc1N. The summed E-state index contributed by atoms with van der Waals surface area (Å²) in [5.74, 6) is -0.124. The smallest absolute Gasteiger partial charge is 0.340 e. The molecule has 2 aromatic carbocycles. The molecule has 0 fully saturated rings. The van der Waals surface area contributed by atoms with E-state index >= 15 is 0 Å². The average molecular weight is 286 g/mol. The number of methoxy groups -OCH3 is 1. The number of nitrogen functional groups attached to an aromatic ring is 1. The van der Waals surface area contributed by atoms with Gasteiger partial charge in [-0.2, -0.15) is 0 Å². The average Bonchev–Trinajstić information content (AvgIpc) is 2.49. The summed E-state index contributed by atoms with van der Waals surface area (Å²) in [5.41, 5.74) is 11.8. The molecule has 0 aliphatic heterocycles. The van der Waals surface area contributed by atoms with Crippen LogP contribution in [0.4, 0.5) is 5.69 Å². The van der Waals surface area contributed by atoms with Gasteiger partial charge in [0, 0.05) is 11.3 Å². The highest BCUT2D eigenvalue weighted by atomic mass is 16.5. The Morgan fingerprint density at radius 1 is 1.00 bits per heavy atom. The number of hydrogen-bond donors (Lipinski definition) is 2. The number of hydrogen-bond acceptors (Lipinski definition) is 5. The van der Waals surface area contributed by atoms with Gasteiger partial charge in [0.05, 0.1) is 12.7 Å². The summed E-state index contributed by atoms with van der Waals surface area (Å²) in [7, 11) is 1.28. The maximum absolute atomic E-state index is 11.5. The van der Waals surface area contributed by atoms with Crippen molar-refractivity contribution >= 4 is 17.6 Å². The van der Waals surface area contributed by atoms with Crippen LogP contribution in [0, 0.1) is 0 Å². The second-order valence-electron chi connectivity index (χ2n) is 4.23. The first-order chi connectivity index (χ1) is 10.0. The van der Waals surface area contributed by atoms with E-state index in [1.807, 2.05) is 0 Å². The predicted octanol–water partition coefficient (Wildman–Crippen LogP) is 1.95. The molecule has 2 rings (SSSR count). The molecule has 2 aromatic rings. The largest absolute Gasteiger partial charge is 0.465 e. The Balaban J connectivity index is 2.23. The monoisotopic (exact) mass is 286 g/mol. The molecule has 4 N–H and O–H groups in total. The molecule has 0 spiro atoms. The highest BCUT2D eigenvalue weighted by Gasteiger charge is 2.11. The fraction of sp³-hybridized carbons (Fsp3) is 0.0667. The highest BCUT2D eigenvalue weighted by molar-refractivity contribution is 5.95. The number of ether oxygens (including phenoxy) is 2. The van der Waals surface area contributed by atoms with Crippen LogP contribution in [0.2, 0.25) is 0 Å².